The van der Waals surface area contributed by atoms with Crippen LogP contribution in [-0.4, -0.2) is 52.7 Å². The van der Waals surface area contributed by atoms with Gasteiger partial charge in [-0.1, -0.05) is 0 Å². The maximum absolute atomic E-state index is 11.8. The molecule has 0 radical (unpaired) electrons. The van der Waals surface area contributed by atoms with Crippen LogP contribution in [0.4, 0.5) is 0 Å². The Morgan fingerprint density at radius 2 is 1.24 bits per heavy atom. The van der Waals surface area contributed by atoms with Crippen LogP contribution in [0.2, 0.25) is 0 Å². The van der Waals surface area contributed by atoms with E-state index < -0.39 is 17.2 Å². The van der Waals surface area contributed by atoms with Crippen molar-refractivity contribution >= 4 is 56.3 Å². The Labute approximate surface area is 270 Å². The molecule has 15 heteroatoms. The van der Waals surface area contributed by atoms with Crippen LogP contribution in [0.15, 0.2) is 36.9 Å². The number of halogens is 1. The normalized spacial score (nSPS) is 10.2. The van der Waals surface area contributed by atoms with E-state index in [4.69, 9.17) is 38.4 Å². The van der Waals surface area contributed by atoms with E-state index in [-0.39, 0.29) is 44.2 Å². The fourth-order valence-electron chi connectivity index (χ4n) is 3.32. The zero-order chi connectivity index (χ0) is 31.4. The summed E-state index contributed by atoms with van der Waals surface area (Å²) in [5.41, 5.74) is 0.737. The van der Waals surface area contributed by atoms with Gasteiger partial charge in [-0.25, -0.2) is 0 Å². The van der Waals surface area contributed by atoms with E-state index in [2.05, 4.69) is 42.8 Å². The zero-order valence-electron chi connectivity index (χ0n) is 24.1. The molecule has 4 aromatic heterocycles. The van der Waals surface area contributed by atoms with E-state index in [1.54, 1.807) is 56.3 Å². The van der Waals surface area contributed by atoms with Crippen molar-refractivity contribution < 1.29 is 38.5 Å². The molecule has 0 saturated heterocycles. The van der Waals surface area contributed by atoms with Gasteiger partial charge in [0.25, 0.3) is 0 Å². The minimum absolute atomic E-state index is 0. The number of rotatable bonds is 4. The van der Waals surface area contributed by atoms with Crippen molar-refractivity contribution in [3.63, 3.8) is 0 Å². The Bertz CT molecular complexity index is 1570. The first-order chi connectivity index (χ1) is 19.3. The number of pyridine rings is 2. The molecule has 0 atom stereocenters. The number of hydrogen-bond donors (Lipinski definition) is 0. The summed E-state index contributed by atoms with van der Waals surface area (Å²) in [6.45, 7) is 20.5. The molecule has 0 fully saturated rings. The SMILES string of the molecule is CC(C)(C)OC(=O)Cn1nc(C#N)c2ccncc21.CC(C)(C)OC(=O)Cn1nc(I)c2ccncc21.[C-]#N.[C-]#N.[Zn+2]. The van der Waals surface area contributed by atoms with Crippen molar-refractivity contribution in [3.8, 4) is 6.07 Å². The Morgan fingerprint density at radius 1 is 0.833 bits per heavy atom. The third-order valence-corrected chi connectivity index (χ3v) is 5.36. The van der Waals surface area contributed by atoms with Crippen molar-refractivity contribution in [3.05, 3.63) is 59.5 Å². The number of ether oxygens (including phenoxy) is 2. The van der Waals surface area contributed by atoms with Gasteiger partial charge in [0.05, 0.1) is 23.4 Å². The van der Waals surface area contributed by atoms with Crippen molar-refractivity contribution in [1.82, 2.24) is 29.5 Å². The molecule has 0 unspecified atom stereocenters. The standard InChI is InChI=1S/C13H14N4O2.C12H14IN3O2.2CN.Zn/c1-13(2,3)19-12(18)8-17-11-7-15-5-4-9(11)10(6-14)16-17;1-12(2,3)18-10(17)7-16-9-6-14-5-4-8(9)11(13)15-16;2*1-2;/h4-5,7H,8H2,1-3H3;4-6H,7H2,1-3H3;;;/q;;2*-1;+2. The van der Waals surface area contributed by atoms with Crippen LogP contribution in [0.25, 0.3) is 21.8 Å². The van der Waals surface area contributed by atoms with Gasteiger partial charge in [0.1, 0.15) is 34.1 Å². The Kier molecular flexibility index (Phi) is 15.4. The maximum Gasteiger partial charge on any atom is 2.00 e. The third-order valence-electron chi connectivity index (χ3n) is 4.57. The molecule has 0 N–H and O–H groups in total. The number of esters is 2. The van der Waals surface area contributed by atoms with Gasteiger partial charge in [-0.2, -0.15) is 15.5 Å². The Morgan fingerprint density at radius 3 is 1.67 bits per heavy atom. The summed E-state index contributed by atoms with van der Waals surface area (Å²) in [6, 6.07) is 5.59. The largest absolute Gasteiger partial charge is 2.00 e. The number of carbonyl (C=O) groups is 2. The molecule has 4 aromatic rings. The summed E-state index contributed by atoms with van der Waals surface area (Å²) in [6.07, 6.45) is 6.58. The second-order valence-corrected chi connectivity index (χ2v) is 11.0. The van der Waals surface area contributed by atoms with Crippen LogP contribution in [0.1, 0.15) is 47.2 Å². The van der Waals surface area contributed by atoms with Gasteiger partial charge in [0.2, 0.25) is 0 Å². The molecular formula is C27H28IN9O4Zn. The van der Waals surface area contributed by atoms with Gasteiger partial charge in [-0.15, -0.1) is 0 Å². The van der Waals surface area contributed by atoms with Gasteiger partial charge < -0.3 is 33.1 Å². The second kappa shape index (κ2) is 17.1. The van der Waals surface area contributed by atoms with Crippen molar-refractivity contribution in [2.75, 3.05) is 0 Å². The minimum Gasteiger partial charge on any atom is -0.512 e. The average molecular weight is 735 g/mol. The van der Waals surface area contributed by atoms with E-state index in [0.29, 0.717) is 10.9 Å². The number of carbonyl (C=O) groups excluding carboxylic acids is 2. The molecule has 13 nitrogen and oxygen atoms in total. The van der Waals surface area contributed by atoms with Gasteiger partial charge in [0, 0.05) is 23.2 Å². The van der Waals surface area contributed by atoms with Crippen molar-refractivity contribution in [2.45, 2.75) is 65.8 Å². The van der Waals surface area contributed by atoms with Gasteiger partial charge >= 0.3 is 31.4 Å². The molecular weight excluding hydrogens is 707 g/mol. The molecule has 0 spiro atoms. The second-order valence-electron chi connectivity index (χ2n) is 10.0. The number of hydrogen-bond acceptors (Lipinski definition) is 11. The smallest absolute Gasteiger partial charge is 0.512 e. The van der Waals surface area contributed by atoms with Gasteiger partial charge in [-0.3, -0.25) is 28.9 Å². The molecule has 0 aliphatic carbocycles. The number of nitrogens with zero attached hydrogens (tertiary/aromatic N) is 9. The molecule has 0 aliphatic heterocycles. The van der Waals surface area contributed by atoms with E-state index in [9.17, 15) is 9.59 Å². The minimum atomic E-state index is -0.545. The molecule has 42 heavy (non-hydrogen) atoms. The maximum atomic E-state index is 11.8. The molecule has 0 bridgehead atoms. The zero-order valence-corrected chi connectivity index (χ0v) is 29.2. The molecule has 0 aliphatic rings. The Hall–Kier alpha value is -4.00. The van der Waals surface area contributed by atoms with E-state index in [1.165, 1.54) is 4.68 Å². The summed E-state index contributed by atoms with van der Waals surface area (Å²) < 4.78 is 14.4. The summed E-state index contributed by atoms with van der Waals surface area (Å²) in [5, 5.41) is 31.6. The summed E-state index contributed by atoms with van der Waals surface area (Å²) >= 11 is 2.14. The first-order valence-electron chi connectivity index (χ1n) is 11.8. The predicted molar refractivity (Wildman–Crippen MR) is 154 cm³/mol. The summed E-state index contributed by atoms with van der Waals surface area (Å²) in [4.78, 5) is 31.6. The van der Waals surface area contributed by atoms with Crippen molar-refractivity contribution in [1.29, 1.82) is 15.8 Å². The fourth-order valence-corrected chi connectivity index (χ4v) is 4.03. The van der Waals surface area contributed by atoms with Crippen LogP contribution in [0.3, 0.4) is 0 Å². The van der Waals surface area contributed by atoms with E-state index in [1.807, 2.05) is 32.9 Å². The topological polar surface area (TPSA) is 185 Å². The number of nitriles is 1. The molecule has 214 valence electrons. The van der Waals surface area contributed by atoms with Crippen LogP contribution < -0.4 is 0 Å². The molecule has 0 aromatic carbocycles. The average Bonchev–Trinajstić information content (AvgIpc) is 3.41. The molecule has 4 heterocycles. The van der Waals surface area contributed by atoms with Crippen LogP contribution >= 0.6 is 22.6 Å². The van der Waals surface area contributed by atoms with Crippen LogP contribution in [0.5, 0.6) is 0 Å². The first kappa shape index (κ1) is 38.0. The Balaban J connectivity index is 0.000000702. The third kappa shape index (κ3) is 11.5. The van der Waals surface area contributed by atoms with Crippen LogP contribution in [0, 0.1) is 38.7 Å². The van der Waals surface area contributed by atoms with E-state index in [0.717, 1.165) is 14.6 Å². The molecule has 0 amide bonds. The monoisotopic (exact) mass is 733 g/mol. The quantitative estimate of drug-likeness (QED) is 0.127. The summed E-state index contributed by atoms with van der Waals surface area (Å²) in [5.74, 6) is -0.697. The molecule has 4 rings (SSSR count). The first-order valence-corrected chi connectivity index (χ1v) is 12.9. The van der Waals surface area contributed by atoms with E-state index >= 15 is 0 Å². The molecule has 0 saturated carbocycles. The van der Waals surface area contributed by atoms with Gasteiger partial charge in [-0.05, 0) is 76.3 Å². The fraction of sp³-hybridized carbons (Fsp3) is 0.370. The summed E-state index contributed by atoms with van der Waals surface area (Å²) in [7, 11) is 0. The van der Waals surface area contributed by atoms with Crippen molar-refractivity contribution in [2.24, 2.45) is 0 Å². The predicted octanol–water partition coefficient (Wildman–Crippen LogP) is 4.21. The van der Waals surface area contributed by atoms with Gasteiger partial charge in [0.15, 0.2) is 5.69 Å². The van der Waals surface area contributed by atoms with Crippen LogP contribution in [-0.2, 0) is 51.6 Å². The number of fused-ring (bicyclic) bond motifs is 2. The number of aromatic nitrogens is 6.